The molecule has 1 N–H and O–H groups in total. The number of amides is 1. The number of ether oxygens (including phenoxy) is 2. The Balaban J connectivity index is 1.75. The van der Waals surface area contributed by atoms with Crippen molar-refractivity contribution >= 4 is 17.2 Å². The Morgan fingerprint density at radius 1 is 1.39 bits per heavy atom. The predicted molar refractivity (Wildman–Crippen MR) is 111 cm³/mol. The first-order valence-corrected chi connectivity index (χ1v) is 10.6. The maximum Gasteiger partial charge on any atom is 0.220 e. The van der Waals surface area contributed by atoms with Gasteiger partial charge in [-0.1, -0.05) is 19.1 Å². The van der Waals surface area contributed by atoms with E-state index in [0.29, 0.717) is 12.3 Å². The SMILES string of the molecule is CCC(=O)N[C@@H](c1nccs1)[C@@H]1CCCN(Cc2cccc(OC)c2OC)C1. The molecule has 28 heavy (non-hydrogen) atoms. The first-order chi connectivity index (χ1) is 13.7. The van der Waals surface area contributed by atoms with E-state index in [1.807, 2.05) is 30.6 Å². The van der Waals surface area contributed by atoms with Crippen LogP contribution in [-0.4, -0.2) is 43.1 Å². The highest BCUT2D eigenvalue weighted by atomic mass is 32.1. The highest BCUT2D eigenvalue weighted by Crippen LogP contribution is 2.35. The van der Waals surface area contributed by atoms with Crippen molar-refractivity contribution in [1.82, 2.24) is 15.2 Å². The van der Waals surface area contributed by atoms with Crippen LogP contribution < -0.4 is 14.8 Å². The van der Waals surface area contributed by atoms with Gasteiger partial charge in [-0.25, -0.2) is 4.98 Å². The third-order valence-corrected chi connectivity index (χ3v) is 6.11. The Morgan fingerprint density at radius 2 is 2.25 bits per heavy atom. The highest BCUT2D eigenvalue weighted by Gasteiger charge is 2.31. The summed E-state index contributed by atoms with van der Waals surface area (Å²) in [7, 11) is 3.34. The lowest BCUT2D eigenvalue weighted by atomic mass is 9.90. The molecular weight excluding hydrogens is 374 g/mol. The minimum absolute atomic E-state index is 0.0255. The molecule has 0 saturated carbocycles. The second-order valence-corrected chi connectivity index (χ2v) is 7.99. The molecule has 1 fully saturated rings. The van der Waals surface area contributed by atoms with Crippen LogP contribution in [0.15, 0.2) is 29.8 Å². The molecule has 1 aromatic heterocycles. The number of para-hydroxylation sites is 1. The van der Waals surface area contributed by atoms with Crippen LogP contribution in [0.25, 0.3) is 0 Å². The van der Waals surface area contributed by atoms with Crippen molar-refractivity contribution in [1.29, 1.82) is 0 Å². The minimum atomic E-state index is -0.0255. The Labute approximate surface area is 170 Å². The topological polar surface area (TPSA) is 63.7 Å². The van der Waals surface area contributed by atoms with Crippen molar-refractivity contribution in [3.05, 3.63) is 40.3 Å². The fourth-order valence-corrected chi connectivity index (χ4v) is 4.65. The van der Waals surface area contributed by atoms with Gasteiger partial charge in [0.2, 0.25) is 5.91 Å². The lowest BCUT2D eigenvalue weighted by Crippen LogP contribution is -2.42. The van der Waals surface area contributed by atoms with Gasteiger partial charge in [0.1, 0.15) is 5.01 Å². The van der Waals surface area contributed by atoms with Gasteiger partial charge < -0.3 is 14.8 Å². The molecular formula is C21H29N3O3S. The first-order valence-electron chi connectivity index (χ1n) is 9.77. The maximum absolute atomic E-state index is 12.1. The van der Waals surface area contributed by atoms with Gasteiger partial charge in [-0.3, -0.25) is 9.69 Å². The Hall–Kier alpha value is -2.12. The molecule has 3 rings (SSSR count). The number of piperidine rings is 1. The van der Waals surface area contributed by atoms with Crippen molar-refractivity contribution in [2.45, 2.75) is 38.8 Å². The summed E-state index contributed by atoms with van der Waals surface area (Å²) in [4.78, 5) is 19.0. The van der Waals surface area contributed by atoms with Crippen molar-refractivity contribution in [2.75, 3.05) is 27.3 Å². The fourth-order valence-electron chi connectivity index (χ4n) is 3.87. The minimum Gasteiger partial charge on any atom is -0.493 e. The lowest BCUT2D eigenvalue weighted by molar-refractivity contribution is -0.122. The van der Waals surface area contributed by atoms with Crippen LogP contribution in [0.5, 0.6) is 11.5 Å². The number of methoxy groups -OCH3 is 2. The molecule has 6 nitrogen and oxygen atoms in total. The summed E-state index contributed by atoms with van der Waals surface area (Å²) < 4.78 is 11.0. The molecule has 0 bridgehead atoms. The standard InChI is InChI=1S/C21H29N3O3S/c1-4-18(25)23-19(21-22-10-12-28-21)15-8-6-11-24(13-15)14-16-7-5-9-17(26-2)20(16)27-3/h5,7,9-10,12,15,19H,4,6,8,11,13-14H2,1-3H3,(H,23,25)/t15-,19-/m1/s1. The summed E-state index contributed by atoms with van der Waals surface area (Å²) >= 11 is 1.61. The van der Waals surface area contributed by atoms with Crippen LogP contribution in [0, 0.1) is 5.92 Å². The molecule has 2 aromatic rings. The van der Waals surface area contributed by atoms with Crippen molar-refractivity contribution in [3.63, 3.8) is 0 Å². The molecule has 1 amide bonds. The zero-order chi connectivity index (χ0) is 19.9. The Kier molecular flexibility index (Phi) is 7.28. The van der Waals surface area contributed by atoms with E-state index >= 15 is 0 Å². The maximum atomic E-state index is 12.1. The van der Waals surface area contributed by atoms with Gasteiger partial charge in [0, 0.05) is 36.7 Å². The predicted octanol–water partition coefficient (Wildman–Crippen LogP) is 3.64. The van der Waals surface area contributed by atoms with Crippen LogP contribution in [0.3, 0.4) is 0 Å². The quantitative estimate of drug-likeness (QED) is 0.729. The number of nitrogens with zero attached hydrogens (tertiary/aromatic N) is 2. The van der Waals surface area contributed by atoms with Gasteiger partial charge in [0.25, 0.3) is 0 Å². The number of nitrogens with one attached hydrogen (secondary N) is 1. The summed E-state index contributed by atoms with van der Waals surface area (Å²) in [6.45, 7) is 4.62. The second-order valence-electron chi connectivity index (χ2n) is 7.06. The van der Waals surface area contributed by atoms with E-state index in [4.69, 9.17) is 9.47 Å². The summed E-state index contributed by atoms with van der Waals surface area (Å²) in [6, 6.07) is 5.97. The number of benzene rings is 1. The number of likely N-dealkylation sites (tertiary alicyclic amines) is 1. The second kappa shape index (κ2) is 9.89. The molecule has 0 aliphatic carbocycles. The molecule has 0 spiro atoms. The van der Waals surface area contributed by atoms with E-state index in [0.717, 1.165) is 54.5 Å². The monoisotopic (exact) mass is 403 g/mol. The Morgan fingerprint density at radius 3 is 2.93 bits per heavy atom. The van der Waals surface area contributed by atoms with Gasteiger partial charge in [-0.05, 0) is 31.4 Å². The van der Waals surface area contributed by atoms with E-state index < -0.39 is 0 Å². The van der Waals surface area contributed by atoms with Gasteiger partial charge >= 0.3 is 0 Å². The number of carbonyl (C=O) groups is 1. The van der Waals surface area contributed by atoms with Crippen LogP contribution in [0.4, 0.5) is 0 Å². The zero-order valence-corrected chi connectivity index (χ0v) is 17.6. The van der Waals surface area contributed by atoms with Crippen LogP contribution >= 0.6 is 11.3 Å². The van der Waals surface area contributed by atoms with E-state index in [1.165, 1.54) is 0 Å². The molecule has 1 aliphatic rings. The van der Waals surface area contributed by atoms with Gasteiger partial charge in [0.05, 0.1) is 20.3 Å². The molecule has 7 heteroatoms. The number of carbonyl (C=O) groups excluding carboxylic acids is 1. The number of hydrogen-bond acceptors (Lipinski definition) is 6. The average Bonchev–Trinajstić information content (AvgIpc) is 3.26. The lowest BCUT2D eigenvalue weighted by Gasteiger charge is -2.36. The molecule has 152 valence electrons. The normalized spacial score (nSPS) is 18.5. The molecule has 2 atom stereocenters. The van der Waals surface area contributed by atoms with E-state index in [-0.39, 0.29) is 11.9 Å². The number of thiazole rings is 1. The molecule has 1 aliphatic heterocycles. The van der Waals surface area contributed by atoms with Gasteiger partial charge in [-0.15, -0.1) is 11.3 Å². The fraction of sp³-hybridized carbons (Fsp3) is 0.524. The number of aromatic nitrogens is 1. The molecule has 0 radical (unpaired) electrons. The first kappa shape index (κ1) is 20.6. The van der Waals surface area contributed by atoms with E-state index in [9.17, 15) is 4.79 Å². The smallest absolute Gasteiger partial charge is 0.220 e. The third kappa shape index (κ3) is 4.83. The van der Waals surface area contributed by atoms with Gasteiger partial charge in [-0.2, -0.15) is 0 Å². The average molecular weight is 404 g/mol. The molecule has 0 unspecified atom stereocenters. The Bertz CT molecular complexity index is 766. The summed E-state index contributed by atoms with van der Waals surface area (Å²) in [5.41, 5.74) is 1.12. The number of rotatable bonds is 8. The molecule has 1 aromatic carbocycles. The van der Waals surface area contributed by atoms with E-state index in [1.54, 1.807) is 25.6 Å². The van der Waals surface area contributed by atoms with Crippen molar-refractivity contribution in [3.8, 4) is 11.5 Å². The van der Waals surface area contributed by atoms with Crippen LogP contribution in [0.2, 0.25) is 0 Å². The highest BCUT2D eigenvalue weighted by molar-refractivity contribution is 7.09. The van der Waals surface area contributed by atoms with Crippen molar-refractivity contribution < 1.29 is 14.3 Å². The van der Waals surface area contributed by atoms with Crippen LogP contribution in [-0.2, 0) is 11.3 Å². The summed E-state index contributed by atoms with van der Waals surface area (Å²) in [5.74, 6) is 1.96. The summed E-state index contributed by atoms with van der Waals surface area (Å²) in [5, 5.41) is 6.17. The molecule has 2 heterocycles. The van der Waals surface area contributed by atoms with E-state index in [2.05, 4.69) is 21.3 Å². The van der Waals surface area contributed by atoms with Gasteiger partial charge in [0.15, 0.2) is 11.5 Å². The van der Waals surface area contributed by atoms with Crippen molar-refractivity contribution in [2.24, 2.45) is 5.92 Å². The third-order valence-electron chi connectivity index (χ3n) is 5.25. The number of hydrogen-bond donors (Lipinski definition) is 1. The summed E-state index contributed by atoms with van der Waals surface area (Å²) in [6.07, 6.45) is 4.48. The van der Waals surface area contributed by atoms with Crippen LogP contribution in [0.1, 0.15) is 42.8 Å². The molecule has 1 saturated heterocycles. The largest absolute Gasteiger partial charge is 0.493 e. The zero-order valence-electron chi connectivity index (χ0n) is 16.8.